The van der Waals surface area contributed by atoms with E-state index in [2.05, 4.69) is 22.2 Å². The van der Waals surface area contributed by atoms with Gasteiger partial charge in [-0.1, -0.05) is 54.2 Å². The van der Waals surface area contributed by atoms with Crippen molar-refractivity contribution in [1.29, 1.82) is 0 Å². The predicted octanol–water partition coefficient (Wildman–Crippen LogP) is 4.16. The van der Waals surface area contributed by atoms with Crippen LogP contribution in [0.15, 0.2) is 23.0 Å². The summed E-state index contributed by atoms with van der Waals surface area (Å²) in [7, 11) is 0. The third-order valence-corrected chi connectivity index (χ3v) is 6.47. The fraction of sp³-hybridized carbons (Fsp3) is 0.500. The molecule has 2 aromatic heterocycles. The maximum Gasteiger partial charge on any atom is 0.281 e. The number of aromatic amines is 1. The molecule has 1 N–H and O–H groups in total. The molecule has 0 saturated carbocycles. The van der Waals surface area contributed by atoms with E-state index < -0.39 is 0 Å². The average molecular weight is 477 g/mol. The first kappa shape index (κ1) is 22.7. The van der Waals surface area contributed by atoms with Crippen LogP contribution in [-0.2, 0) is 11.3 Å². The molecule has 0 aliphatic carbocycles. The van der Waals surface area contributed by atoms with Gasteiger partial charge < -0.3 is 9.88 Å². The molecule has 0 spiro atoms. The first-order chi connectivity index (χ1) is 15.5. The molecule has 1 atom stereocenters. The number of nitrogens with zero attached hydrogens (tertiary/aromatic N) is 5. The molecule has 170 valence electrons. The van der Waals surface area contributed by atoms with Gasteiger partial charge in [-0.05, 0) is 37.0 Å². The number of carbonyl (C=O) groups excluding carboxylic acids is 1. The van der Waals surface area contributed by atoms with E-state index in [4.69, 9.17) is 28.2 Å². The second-order valence-corrected chi connectivity index (χ2v) is 9.09. The van der Waals surface area contributed by atoms with Crippen LogP contribution in [0.2, 0.25) is 10.0 Å². The maximum absolute atomic E-state index is 12.7. The van der Waals surface area contributed by atoms with Crippen LogP contribution in [-0.4, -0.2) is 48.9 Å². The number of amides is 1. The quantitative estimate of drug-likeness (QED) is 0.516. The Hall–Kier alpha value is -2.45. The number of unbranched alkanes of at least 4 members (excludes halogenated alkanes) is 2. The van der Waals surface area contributed by atoms with Crippen molar-refractivity contribution in [2.24, 2.45) is 0 Å². The molecule has 8 nitrogen and oxygen atoms in total. The first-order valence-electron chi connectivity index (χ1n) is 11.0. The summed E-state index contributed by atoms with van der Waals surface area (Å²) < 4.78 is 1.57. The van der Waals surface area contributed by atoms with Crippen LogP contribution < -0.4 is 5.56 Å². The van der Waals surface area contributed by atoms with Gasteiger partial charge in [0.25, 0.3) is 5.56 Å². The number of halogens is 2. The van der Waals surface area contributed by atoms with E-state index in [1.165, 1.54) is 0 Å². The van der Waals surface area contributed by atoms with Crippen LogP contribution >= 0.6 is 23.2 Å². The molecule has 3 heterocycles. The standard InChI is InChI=1S/C22H26Cl2N6O2/c1-2-3-4-7-18(31)29-10-5-6-15(12-29)20-25-21-19(22(32)26-20)27-28-30(21)13-14-8-9-16(23)11-17(14)24/h8-9,11,15H,2-7,10,12-13H2,1H3,(H,25,26,32)/t15-/m0/s1. The van der Waals surface area contributed by atoms with E-state index in [0.29, 0.717) is 41.0 Å². The van der Waals surface area contributed by atoms with Gasteiger partial charge in [0.05, 0.1) is 6.54 Å². The molecular weight excluding hydrogens is 451 g/mol. The zero-order valence-electron chi connectivity index (χ0n) is 18.0. The molecular formula is C22H26Cl2N6O2. The van der Waals surface area contributed by atoms with Crippen molar-refractivity contribution < 1.29 is 4.79 Å². The third kappa shape index (κ3) is 4.96. The second-order valence-electron chi connectivity index (χ2n) is 8.24. The smallest absolute Gasteiger partial charge is 0.281 e. The largest absolute Gasteiger partial charge is 0.342 e. The molecule has 3 aromatic rings. The molecule has 0 radical (unpaired) electrons. The zero-order valence-corrected chi connectivity index (χ0v) is 19.5. The summed E-state index contributed by atoms with van der Waals surface area (Å²) in [5.41, 5.74) is 1.06. The van der Waals surface area contributed by atoms with Crippen LogP contribution in [0.1, 0.15) is 62.8 Å². The van der Waals surface area contributed by atoms with Gasteiger partial charge in [-0.2, -0.15) is 0 Å². The number of fused-ring (bicyclic) bond motifs is 1. The summed E-state index contributed by atoms with van der Waals surface area (Å²) in [6, 6.07) is 5.23. The van der Waals surface area contributed by atoms with E-state index in [1.54, 1.807) is 16.8 Å². The lowest BCUT2D eigenvalue weighted by Crippen LogP contribution is -2.39. The van der Waals surface area contributed by atoms with Gasteiger partial charge >= 0.3 is 0 Å². The fourth-order valence-electron chi connectivity index (χ4n) is 4.11. The number of hydrogen-bond donors (Lipinski definition) is 1. The number of aromatic nitrogens is 5. The Morgan fingerprint density at radius 1 is 1.28 bits per heavy atom. The summed E-state index contributed by atoms with van der Waals surface area (Å²) in [4.78, 5) is 34.7. The van der Waals surface area contributed by atoms with Crippen LogP contribution in [0.5, 0.6) is 0 Å². The highest BCUT2D eigenvalue weighted by Crippen LogP contribution is 2.26. The number of H-pyrrole nitrogens is 1. The van der Waals surface area contributed by atoms with Gasteiger partial charge in [0.2, 0.25) is 5.91 Å². The van der Waals surface area contributed by atoms with E-state index >= 15 is 0 Å². The van der Waals surface area contributed by atoms with Gasteiger partial charge in [-0.3, -0.25) is 9.59 Å². The van der Waals surface area contributed by atoms with Crippen molar-refractivity contribution in [3.8, 4) is 0 Å². The summed E-state index contributed by atoms with van der Waals surface area (Å²) >= 11 is 12.3. The van der Waals surface area contributed by atoms with Gasteiger partial charge in [-0.15, -0.1) is 5.10 Å². The third-order valence-electron chi connectivity index (χ3n) is 5.88. The molecule has 1 aliphatic rings. The fourth-order valence-corrected chi connectivity index (χ4v) is 4.57. The molecule has 0 unspecified atom stereocenters. The molecule has 1 aromatic carbocycles. The lowest BCUT2D eigenvalue weighted by molar-refractivity contribution is -0.132. The zero-order chi connectivity index (χ0) is 22.7. The Balaban J connectivity index is 1.57. The van der Waals surface area contributed by atoms with Crippen LogP contribution in [0.3, 0.4) is 0 Å². The summed E-state index contributed by atoms with van der Waals surface area (Å²) in [6.07, 6.45) is 5.37. The Morgan fingerprint density at radius 3 is 2.91 bits per heavy atom. The number of nitrogens with one attached hydrogen (secondary N) is 1. The number of benzene rings is 1. The van der Waals surface area contributed by atoms with Crippen molar-refractivity contribution in [1.82, 2.24) is 29.9 Å². The minimum atomic E-state index is -0.329. The van der Waals surface area contributed by atoms with E-state index in [0.717, 1.165) is 44.2 Å². The first-order valence-corrected chi connectivity index (χ1v) is 11.8. The average Bonchev–Trinajstić information content (AvgIpc) is 3.19. The highest BCUT2D eigenvalue weighted by atomic mass is 35.5. The minimum absolute atomic E-state index is 0.0292. The van der Waals surface area contributed by atoms with E-state index in [9.17, 15) is 9.59 Å². The van der Waals surface area contributed by atoms with Gasteiger partial charge in [0, 0.05) is 35.5 Å². The van der Waals surface area contributed by atoms with E-state index in [-0.39, 0.29) is 22.9 Å². The SMILES string of the molecule is CCCCCC(=O)N1CCC[C@H](c2nc3c(nnn3Cc3ccc(Cl)cc3Cl)c(=O)[nH]2)C1. The van der Waals surface area contributed by atoms with Gasteiger partial charge in [-0.25, -0.2) is 9.67 Å². The molecule has 10 heteroatoms. The molecule has 1 amide bonds. The van der Waals surface area contributed by atoms with E-state index in [1.807, 2.05) is 11.0 Å². The van der Waals surface area contributed by atoms with Crippen molar-refractivity contribution in [3.05, 3.63) is 50.0 Å². The number of hydrogen-bond acceptors (Lipinski definition) is 5. The highest BCUT2D eigenvalue weighted by molar-refractivity contribution is 6.35. The predicted molar refractivity (Wildman–Crippen MR) is 124 cm³/mol. The molecule has 1 saturated heterocycles. The maximum atomic E-state index is 12.7. The van der Waals surface area contributed by atoms with Crippen LogP contribution in [0.4, 0.5) is 0 Å². The normalized spacial score (nSPS) is 16.6. The van der Waals surface area contributed by atoms with Gasteiger partial charge in [0.15, 0.2) is 11.2 Å². The lowest BCUT2D eigenvalue weighted by atomic mass is 9.96. The van der Waals surface area contributed by atoms with Crippen LogP contribution in [0, 0.1) is 0 Å². The van der Waals surface area contributed by atoms with Crippen molar-refractivity contribution >= 4 is 40.3 Å². The molecule has 4 rings (SSSR count). The molecule has 1 fully saturated rings. The molecule has 0 bridgehead atoms. The van der Waals surface area contributed by atoms with Crippen molar-refractivity contribution in [2.45, 2.75) is 57.9 Å². The summed E-state index contributed by atoms with van der Waals surface area (Å²) in [5, 5.41) is 9.18. The summed E-state index contributed by atoms with van der Waals surface area (Å²) in [5.74, 6) is 0.716. The number of likely N-dealkylation sites (tertiary alicyclic amines) is 1. The number of rotatable bonds is 7. The molecule has 1 aliphatic heterocycles. The molecule has 32 heavy (non-hydrogen) atoms. The highest BCUT2D eigenvalue weighted by Gasteiger charge is 2.27. The van der Waals surface area contributed by atoms with Gasteiger partial charge in [0.1, 0.15) is 5.82 Å². The Kier molecular flexibility index (Phi) is 7.10. The topological polar surface area (TPSA) is 96.8 Å². The second kappa shape index (κ2) is 10.0. The minimum Gasteiger partial charge on any atom is -0.342 e. The van der Waals surface area contributed by atoms with Crippen molar-refractivity contribution in [3.63, 3.8) is 0 Å². The lowest BCUT2D eigenvalue weighted by Gasteiger charge is -2.32. The Morgan fingerprint density at radius 2 is 2.12 bits per heavy atom. The van der Waals surface area contributed by atoms with Crippen LogP contribution in [0.25, 0.3) is 11.2 Å². The Bertz CT molecular complexity index is 1170. The summed E-state index contributed by atoms with van der Waals surface area (Å²) in [6.45, 7) is 3.75. The number of piperidine rings is 1. The number of carbonyl (C=O) groups is 1. The monoisotopic (exact) mass is 476 g/mol. The van der Waals surface area contributed by atoms with Crippen molar-refractivity contribution in [2.75, 3.05) is 13.1 Å². The Labute approximate surface area is 195 Å².